The summed E-state index contributed by atoms with van der Waals surface area (Å²) in [4.78, 5) is 2.30. The molecule has 1 heterocycles. The minimum absolute atomic E-state index is 0.0238. The molecule has 118 valence electrons. The second-order valence-corrected chi connectivity index (χ2v) is 5.05. The lowest BCUT2D eigenvalue weighted by Crippen LogP contribution is -2.46. The Morgan fingerprint density at radius 3 is 2.52 bits per heavy atom. The van der Waals surface area contributed by atoms with Crippen LogP contribution < -0.4 is 14.8 Å². The highest BCUT2D eigenvalue weighted by Crippen LogP contribution is 2.33. The van der Waals surface area contributed by atoms with Crippen LogP contribution in [0.1, 0.15) is 25.5 Å². The van der Waals surface area contributed by atoms with E-state index in [2.05, 4.69) is 10.2 Å². The molecule has 0 aromatic heterocycles. The number of aliphatic hydroxyl groups is 1. The molecule has 5 heteroatoms. The van der Waals surface area contributed by atoms with E-state index in [4.69, 9.17) is 9.47 Å². The Labute approximate surface area is 126 Å². The van der Waals surface area contributed by atoms with E-state index < -0.39 is 0 Å². The fourth-order valence-corrected chi connectivity index (χ4v) is 2.73. The smallest absolute Gasteiger partial charge is 0.127 e. The molecule has 1 aliphatic rings. The van der Waals surface area contributed by atoms with E-state index in [1.165, 1.54) is 0 Å². The van der Waals surface area contributed by atoms with E-state index in [0.717, 1.165) is 43.2 Å². The van der Waals surface area contributed by atoms with Gasteiger partial charge in [-0.1, -0.05) is 0 Å². The first-order valence-electron chi connectivity index (χ1n) is 7.75. The van der Waals surface area contributed by atoms with Crippen molar-refractivity contribution in [2.24, 2.45) is 0 Å². The average Bonchev–Trinajstić information content (AvgIpc) is 2.52. The lowest BCUT2D eigenvalue weighted by molar-refractivity contribution is 0.108. The van der Waals surface area contributed by atoms with Crippen LogP contribution in [-0.2, 0) is 0 Å². The van der Waals surface area contributed by atoms with Crippen LogP contribution in [-0.4, -0.2) is 56.0 Å². The Bertz CT molecular complexity index is 434. The van der Waals surface area contributed by atoms with Crippen molar-refractivity contribution in [2.75, 3.05) is 46.0 Å². The Morgan fingerprint density at radius 1 is 1.19 bits per heavy atom. The second-order valence-electron chi connectivity index (χ2n) is 5.05. The van der Waals surface area contributed by atoms with Crippen molar-refractivity contribution in [2.45, 2.75) is 19.9 Å². The average molecular weight is 294 g/mol. The van der Waals surface area contributed by atoms with Gasteiger partial charge >= 0.3 is 0 Å². The van der Waals surface area contributed by atoms with Crippen LogP contribution in [0.5, 0.6) is 11.5 Å². The maximum Gasteiger partial charge on any atom is 0.127 e. The number of nitrogens with one attached hydrogen (secondary N) is 1. The molecule has 1 aliphatic heterocycles. The largest absolute Gasteiger partial charge is 0.494 e. The Morgan fingerprint density at radius 2 is 1.90 bits per heavy atom. The third kappa shape index (κ3) is 4.09. The zero-order valence-electron chi connectivity index (χ0n) is 13.0. The molecule has 5 nitrogen and oxygen atoms in total. The van der Waals surface area contributed by atoms with Crippen molar-refractivity contribution in [3.8, 4) is 11.5 Å². The van der Waals surface area contributed by atoms with Gasteiger partial charge in [-0.3, -0.25) is 4.90 Å². The van der Waals surface area contributed by atoms with Gasteiger partial charge in [0.2, 0.25) is 0 Å². The molecule has 0 saturated carbocycles. The summed E-state index contributed by atoms with van der Waals surface area (Å²) in [5, 5.41) is 13.2. The molecule has 0 aliphatic carbocycles. The van der Waals surface area contributed by atoms with Gasteiger partial charge in [0.05, 0.1) is 25.9 Å². The highest BCUT2D eigenvalue weighted by atomic mass is 16.5. The summed E-state index contributed by atoms with van der Waals surface area (Å²) < 4.78 is 11.3. The van der Waals surface area contributed by atoms with Gasteiger partial charge in [0.15, 0.2) is 0 Å². The van der Waals surface area contributed by atoms with Crippen LogP contribution in [0.15, 0.2) is 18.2 Å². The molecule has 1 unspecified atom stereocenters. The van der Waals surface area contributed by atoms with Crippen LogP contribution >= 0.6 is 0 Å². The molecular weight excluding hydrogens is 268 g/mol. The number of rotatable bonds is 7. The van der Waals surface area contributed by atoms with E-state index in [-0.39, 0.29) is 12.6 Å². The molecule has 1 aromatic rings. The van der Waals surface area contributed by atoms with E-state index in [1.807, 2.05) is 32.0 Å². The van der Waals surface area contributed by atoms with Crippen LogP contribution in [0, 0.1) is 0 Å². The summed E-state index contributed by atoms with van der Waals surface area (Å²) in [6.07, 6.45) is 0. The lowest BCUT2D eigenvalue weighted by Gasteiger charge is -2.34. The Balaban J connectivity index is 2.25. The van der Waals surface area contributed by atoms with E-state index >= 15 is 0 Å². The number of nitrogens with zero attached hydrogens (tertiary/aromatic N) is 1. The highest BCUT2D eigenvalue weighted by Gasteiger charge is 2.24. The molecule has 0 bridgehead atoms. The molecule has 1 aromatic carbocycles. The molecule has 2 rings (SSSR count). The monoisotopic (exact) mass is 294 g/mol. The van der Waals surface area contributed by atoms with Crippen molar-refractivity contribution in [1.29, 1.82) is 0 Å². The van der Waals surface area contributed by atoms with Crippen LogP contribution in [0.2, 0.25) is 0 Å². The quantitative estimate of drug-likeness (QED) is 0.796. The molecular formula is C16H26N2O3. The fourth-order valence-electron chi connectivity index (χ4n) is 2.73. The van der Waals surface area contributed by atoms with Crippen molar-refractivity contribution in [3.05, 3.63) is 23.8 Å². The summed E-state index contributed by atoms with van der Waals surface area (Å²) in [5.74, 6) is 1.61. The van der Waals surface area contributed by atoms with Gasteiger partial charge in [-0.2, -0.15) is 0 Å². The zero-order valence-corrected chi connectivity index (χ0v) is 13.0. The van der Waals surface area contributed by atoms with E-state index in [9.17, 15) is 5.11 Å². The Kier molecular flexibility index (Phi) is 6.29. The first kappa shape index (κ1) is 16.1. The second kappa shape index (κ2) is 8.22. The minimum Gasteiger partial charge on any atom is -0.494 e. The van der Waals surface area contributed by atoms with Crippen molar-refractivity contribution in [1.82, 2.24) is 10.2 Å². The molecule has 0 amide bonds. The molecule has 2 N–H and O–H groups in total. The highest BCUT2D eigenvalue weighted by molar-refractivity contribution is 5.42. The third-order valence-corrected chi connectivity index (χ3v) is 3.72. The SMILES string of the molecule is CCOc1ccc(C(CO)N2CCNCC2)c(OCC)c1. The predicted octanol–water partition coefficient (Wildman–Crippen LogP) is 1.42. The predicted molar refractivity (Wildman–Crippen MR) is 83.0 cm³/mol. The first-order chi connectivity index (χ1) is 10.3. The summed E-state index contributed by atoms with van der Waals surface area (Å²) in [5.41, 5.74) is 1.03. The normalized spacial score (nSPS) is 17.5. The summed E-state index contributed by atoms with van der Waals surface area (Å²) >= 11 is 0. The minimum atomic E-state index is -0.0238. The molecule has 1 fully saturated rings. The molecule has 21 heavy (non-hydrogen) atoms. The summed E-state index contributed by atoms with van der Waals surface area (Å²) in [6.45, 7) is 9.03. The molecule has 0 spiro atoms. The summed E-state index contributed by atoms with van der Waals surface area (Å²) in [6, 6.07) is 5.86. The van der Waals surface area contributed by atoms with E-state index in [1.54, 1.807) is 0 Å². The van der Waals surface area contributed by atoms with Crippen LogP contribution in [0.4, 0.5) is 0 Å². The van der Waals surface area contributed by atoms with Crippen LogP contribution in [0.3, 0.4) is 0 Å². The summed E-state index contributed by atoms with van der Waals surface area (Å²) in [7, 11) is 0. The standard InChI is InChI=1S/C16H26N2O3/c1-3-20-13-5-6-14(16(11-13)21-4-2)15(12-19)18-9-7-17-8-10-18/h5-6,11,15,17,19H,3-4,7-10,12H2,1-2H3. The van der Waals surface area contributed by atoms with Gasteiger partial charge in [-0.15, -0.1) is 0 Å². The molecule has 0 radical (unpaired) electrons. The third-order valence-electron chi connectivity index (χ3n) is 3.72. The Hall–Kier alpha value is -1.30. The number of piperazine rings is 1. The van der Waals surface area contributed by atoms with Crippen LogP contribution in [0.25, 0.3) is 0 Å². The van der Waals surface area contributed by atoms with Gasteiger partial charge in [0.1, 0.15) is 11.5 Å². The molecule has 1 atom stereocenters. The van der Waals surface area contributed by atoms with E-state index in [0.29, 0.717) is 13.2 Å². The van der Waals surface area contributed by atoms with Gasteiger partial charge in [-0.05, 0) is 26.0 Å². The number of hydrogen-bond donors (Lipinski definition) is 2. The number of ether oxygens (including phenoxy) is 2. The van der Waals surface area contributed by atoms with Gasteiger partial charge < -0.3 is 19.9 Å². The maximum atomic E-state index is 9.85. The molecule has 1 saturated heterocycles. The number of hydrogen-bond acceptors (Lipinski definition) is 5. The van der Waals surface area contributed by atoms with Gasteiger partial charge in [0, 0.05) is 37.8 Å². The van der Waals surface area contributed by atoms with Gasteiger partial charge in [-0.25, -0.2) is 0 Å². The van der Waals surface area contributed by atoms with Crippen molar-refractivity contribution < 1.29 is 14.6 Å². The first-order valence-corrected chi connectivity index (χ1v) is 7.75. The lowest BCUT2D eigenvalue weighted by atomic mass is 10.0. The van der Waals surface area contributed by atoms with Gasteiger partial charge in [0.25, 0.3) is 0 Å². The maximum absolute atomic E-state index is 9.85. The van der Waals surface area contributed by atoms with Crippen molar-refractivity contribution in [3.63, 3.8) is 0 Å². The number of aliphatic hydroxyl groups excluding tert-OH is 1. The topological polar surface area (TPSA) is 54.0 Å². The fraction of sp³-hybridized carbons (Fsp3) is 0.625. The number of benzene rings is 1. The van der Waals surface area contributed by atoms with Crippen molar-refractivity contribution >= 4 is 0 Å². The zero-order chi connectivity index (χ0) is 15.1.